The third-order valence-electron chi connectivity index (χ3n) is 5.76. The highest BCUT2D eigenvalue weighted by Crippen LogP contribution is 2.31. The maximum absolute atomic E-state index is 11.3. The SMILES string of the molecule is CCCCc1ccc(-c2nc(C)c(COc3ccc([C@H](CC(=O)O)c4ccon4)cc3)s2)cc1. The van der Waals surface area contributed by atoms with Crippen molar-refractivity contribution in [3.63, 3.8) is 0 Å². The number of hydrogen-bond donors (Lipinski definition) is 1. The van der Waals surface area contributed by atoms with E-state index in [1.54, 1.807) is 17.4 Å². The van der Waals surface area contributed by atoms with E-state index in [4.69, 9.17) is 14.2 Å². The number of nitrogens with zero attached hydrogens (tertiary/aromatic N) is 2. The number of thiazole rings is 1. The van der Waals surface area contributed by atoms with Crippen LogP contribution in [-0.4, -0.2) is 21.2 Å². The highest BCUT2D eigenvalue weighted by atomic mass is 32.1. The third kappa shape index (κ3) is 5.91. The number of carbonyl (C=O) groups is 1. The second-order valence-corrected chi connectivity index (χ2v) is 9.34. The molecule has 2 heterocycles. The van der Waals surface area contributed by atoms with Crippen LogP contribution in [0.2, 0.25) is 0 Å². The summed E-state index contributed by atoms with van der Waals surface area (Å²) >= 11 is 1.65. The Labute approximate surface area is 203 Å². The molecule has 4 aromatic rings. The summed E-state index contributed by atoms with van der Waals surface area (Å²) in [6.07, 6.45) is 4.91. The monoisotopic (exact) mass is 476 g/mol. The zero-order chi connectivity index (χ0) is 23.9. The van der Waals surface area contributed by atoms with E-state index in [1.165, 1.54) is 24.7 Å². The number of aliphatic carboxylic acids is 1. The Morgan fingerprint density at radius 3 is 2.53 bits per heavy atom. The second kappa shape index (κ2) is 11.1. The maximum atomic E-state index is 11.3. The van der Waals surface area contributed by atoms with Crippen molar-refractivity contribution in [2.24, 2.45) is 0 Å². The average Bonchev–Trinajstić information content (AvgIpc) is 3.51. The van der Waals surface area contributed by atoms with Gasteiger partial charge in [-0.05, 0) is 43.0 Å². The number of carboxylic acid groups (broad SMARTS) is 1. The number of aryl methyl sites for hydroxylation is 2. The lowest BCUT2D eigenvalue weighted by atomic mass is 9.92. The molecule has 0 aliphatic heterocycles. The topological polar surface area (TPSA) is 85.5 Å². The second-order valence-electron chi connectivity index (χ2n) is 8.26. The molecule has 0 amide bonds. The highest BCUT2D eigenvalue weighted by molar-refractivity contribution is 7.15. The molecule has 1 N–H and O–H groups in total. The first-order chi connectivity index (χ1) is 16.5. The largest absolute Gasteiger partial charge is 0.488 e. The third-order valence-corrected chi connectivity index (χ3v) is 6.94. The van der Waals surface area contributed by atoms with Crippen LogP contribution in [0.15, 0.2) is 65.4 Å². The number of aromatic nitrogens is 2. The lowest BCUT2D eigenvalue weighted by Gasteiger charge is -2.13. The molecule has 0 unspecified atom stereocenters. The lowest BCUT2D eigenvalue weighted by molar-refractivity contribution is -0.137. The smallest absolute Gasteiger partial charge is 0.304 e. The molecule has 7 heteroatoms. The van der Waals surface area contributed by atoms with Gasteiger partial charge in [-0.15, -0.1) is 11.3 Å². The fourth-order valence-corrected chi connectivity index (χ4v) is 4.78. The Bertz CT molecular complexity index is 1200. The molecule has 0 saturated carbocycles. The molecule has 0 fully saturated rings. The molecule has 0 aliphatic carbocycles. The van der Waals surface area contributed by atoms with E-state index in [0.29, 0.717) is 18.1 Å². The van der Waals surface area contributed by atoms with Crippen LogP contribution in [0.1, 0.15) is 59.5 Å². The Morgan fingerprint density at radius 2 is 1.88 bits per heavy atom. The average molecular weight is 477 g/mol. The summed E-state index contributed by atoms with van der Waals surface area (Å²) in [4.78, 5) is 17.1. The molecule has 4 rings (SSSR count). The molecule has 2 aromatic heterocycles. The maximum Gasteiger partial charge on any atom is 0.304 e. The van der Waals surface area contributed by atoms with Crippen LogP contribution >= 0.6 is 11.3 Å². The van der Waals surface area contributed by atoms with Gasteiger partial charge in [-0.25, -0.2) is 4.98 Å². The van der Waals surface area contributed by atoms with Crippen molar-refractivity contribution in [1.82, 2.24) is 10.1 Å². The van der Waals surface area contributed by atoms with Gasteiger partial charge in [0.05, 0.1) is 22.7 Å². The van der Waals surface area contributed by atoms with Crippen LogP contribution < -0.4 is 4.74 Å². The minimum atomic E-state index is -0.889. The van der Waals surface area contributed by atoms with Gasteiger partial charge in [0.15, 0.2) is 0 Å². The van der Waals surface area contributed by atoms with Crippen LogP contribution in [0.3, 0.4) is 0 Å². The number of unbranched alkanes of at least 4 members (excludes halogenated alkanes) is 1. The van der Waals surface area contributed by atoms with Crippen molar-refractivity contribution in [3.8, 4) is 16.3 Å². The van der Waals surface area contributed by atoms with Gasteiger partial charge in [-0.1, -0.05) is 54.9 Å². The van der Waals surface area contributed by atoms with Crippen LogP contribution in [0.5, 0.6) is 5.75 Å². The zero-order valence-corrected chi connectivity index (χ0v) is 20.2. The molecule has 0 bridgehead atoms. The summed E-state index contributed by atoms with van der Waals surface area (Å²) in [6, 6.07) is 17.8. The van der Waals surface area contributed by atoms with Crippen molar-refractivity contribution in [3.05, 3.63) is 88.3 Å². The van der Waals surface area contributed by atoms with Crippen LogP contribution in [-0.2, 0) is 17.8 Å². The standard InChI is InChI=1S/C27H28N2O4S/c1-3-4-5-19-6-8-21(9-7-19)27-28-18(2)25(34-27)17-32-22-12-10-20(11-13-22)23(16-26(30)31)24-14-15-33-29-24/h6-15,23H,3-5,16-17H2,1-2H3,(H,30,31)/t23-/m0/s1. The normalized spacial score (nSPS) is 11.9. The summed E-state index contributed by atoms with van der Waals surface area (Å²) in [5.41, 5.74) is 4.91. The molecule has 176 valence electrons. The molecule has 0 aliphatic rings. The molecule has 34 heavy (non-hydrogen) atoms. The van der Waals surface area contributed by atoms with E-state index in [1.807, 2.05) is 31.2 Å². The van der Waals surface area contributed by atoms with Crippen molar-refractivity contribution in [2.45, 2.75) is 52.1 Å². The molecule has 0 radical (unpaired) electrons. The quantitative estimate of drug-likeness (QED) is 0.261. The number of rotatable bonds is 11. The van der Waals surface area contributed by atoms with Gasteiger partial charge in [0, 0.05) is 17.5 Å². The number of benzene rings is 2. The molecule has 0 spiro atoms. The van der Waals surface area contributed by atoms with Gasteiger partial charge < -0.3 is 14.4 Å². The predicted octanol–water partition coefficient (Wildman–Crippen LogP) is 6.63. The zero-order valence-electron chi connectivity index (χ0n) is 19.4. The van der Waals surface area contributed by atoms with E-state index < -0.39 is 5.97 Å². The van der Waals surface area contributed by atoms with Crippen molar-refractivity contribution >= 4 is 17.3 Å². The number of carboxylic acids is 1. The summed E-state index contributed by atoms with van der Waals surface area (Å²) in [5, 5.41) is 14.2. The Morgan fingerprint density at radius 1 is 1.12 bits per heavy atom. The summed E-state index contributed by atoms with van der Waals surface area (Å²) < 4.78 is 10.9. The van der Waals surface area contributed by atoms with Crippen LogP contribution in [0, 0.1) is 6.92 Å². The molecule has 6 nitrogen and oxygen atoms in total. The minimum absolute atomic E-state index is 0.0604. The van der Waals surface area contributed by atoms with Gasteiger partial charge in [-0.2, -0.15) is 0 Å². The summed E-state index contributed by atoms with van der Waals surface area (Å²) in [5.74, 6) is -0.544. The fourth-order valence-electron chi connectivity index (χ4n) is 3.79. The molecule has 0 saturated heterocycles. The minimum Gasteiger partial charge on any atom is -0.488 e. The molecular formula is C27H28N2O4S. The van der Waals surface area contributed by atoms with Crippen LogP contribution in [0.25, 0.3) is 10.6 Å². The van der Waals surface area contributed by atoms with Crippen LogP contribution in [0.4, 0.5) is 0 Å². The Hall–Kier alpha value is -3.45. The van der Waals surface area contributed by atoms with E-state index >= 15 is 0 Å². The summed E-state index contributed by atoms with van der Waals surface area (Å²) in [7, 11) is 0. The van der Waals surface area contributed by atoms with Crippen molar-refractivity contribution < 1.29 is 19.2 Å². The van der Waals surface area contributed by atoms with E-state index in [2.05, 4.69) is 36.3 Å². The lowest BCUT2D eigenvalue weighted by Crippen LogP contribution is -2.08. The van der Waals surface area contributed by atoms with Gasteiger partial charge in [-0.3, -0.25) is 4.79 Å². The van der Waals surface area contributed by atoms with E-state index in [-0.39, 0.29) is 12.3 Å². The number of hydrogen-bond acceptors (Lipinski definition) is 6. The molecule has 2 aromatic carbocycles. The molecular weight excluding hydrogens is 448 g/mol. The summed E-state index contributed by atoms with van der Waals surface area (Å²) in [6.45, 7) is 4.64. The van der Waals surface area contributed by atoms with Crippen molar-refractivity contribution in [1.29, 1.82) is 0 Å². The van der Waals surface area contributed by atoms with Gasteiger partial charge in [0.2, 0.25) is 0 Å². The van der Waals surface area contributed by atoms with Gasteiger partial charge in [0.1, 0.15) is 23.6 Å². The fraction of sp³-hybridized carbons (Fsp3) is 0.296. The van der Waals surface area contributed by atoms with Crippen molar-refractivity contribution in [2.75, 3.05) is 0 Å². The highest BCUT2D eigenvalue weighted by Gasteiger charge is 2.20. The first-order valence-electron chi connectivity index (χ1n) is 11.4. The number of ether oxygens (including phenoxy) is 1. The predicted molar refractivity (Wildman–Crippen MR) is 132 cm³/mol. The van der Waals surface area contributed by atoms with E-state index in [0.717, 1.165) is 33.1 Å². The Balaban J connectivity index is 1.41. The first-order valence-corrected chi connectivity index (χ1v) is 12.3. The molecule has 1 atom stereocenters. The van der Waals surface area contributed by atoms with Gasteiger partial charge >= 0.3 is 5.97 Å². The van der Waals surface area contributed by atoms with Gasteiger partial charge in [0.25, 0.3) is 0 Å². The Kier molecular flexibility index (Phi) is 7.75. The van der Waals surface area contributed by atoms with E-state index in [9.17, 15) is 9.90 Å². The first kappa shape index (κ1) is 23.7.